The Kier molecular flexibility index (Phi) is 5.12. The lowest BCUT2D eigenvalue weighted by molar-refractivity contribution is -0.127. The Labute approximate surface area is 133 Å². The first-order valence-corrected chi connectivity index (χ1v) is 8.03. The summed E-state index contributed by atoms with van der Waals surface area (Å²) in [6, 6.07) is 6.05. The summed E-state index contributed by atoms with van der Waals surface area (Å²) in [5.74, 6) is 0.944. The lowest BCUT2D eigenvalue weighted by Crippen LogP contribution is -2.48. The van der Waals surface area contributed by atoms with Crippen molar-refractivity contribution in [1.82, 2.24) is 10.2 Å². The van der Waals surface area contributed by atoms with Crippen molar-refractivity contribution in [3.63, 3.8) is 0 Å². The molecule has 4 nitrogen and oxygen atoms in total. The number of carbonyl (C=O) groups is 1. The van der Waals surface area contributed by atoms with Gasteiger partial charge >= 0.3 is 0 Å². The number of amides is 1. The molecule has 0 saturated carbocycles. The van der Waals surface area contributed by atoms with Gasteiger partial charge in [-0.2, -0.15) is 0 Å². The molecule has 0 radical (unpaired) electrons. The molecule has 0 bridgehead atoms. The number of para-hydroxylation sites is 1. The highest BCUT2D eigenvalue weighted by atomic mass is 16.5. The molecule has 2 rings (SSSR count). The van der Waals surface area contributed by atoms with Crippen LogP contribution in [0.2, 0.25) is 0 Å². The number of aryl methyl sites for hydroxylation is 1. The summed E-state index contributed by atoms with van der Waals surface area (Å²) in [7, 11) is 1.68. The second kappa shape index (κ2) is 6.69. The molecule has 1 N–H and O–H groups in total. The maximum absolute atomic E-state index is 12.5. The van der Waals surface area contributed by atoms with Crippen LogP contribution in [0.15, 0.2) is 18.2 Å². The van der Waals surface area contributed by atoms with Crippen molar-refractivity contribution in [2.45, 2.75) is 39.7 Å². The summed E-state index contributed by atoms with van der Waals surface area (Å²) in [5.41, 5.74) is 1.63. The van der Waals surface area contributed by atoms with Gasteiger partial charge in [-0.25, -0.2) is 0 Å². The summed E-state index contributed by atoms with van der Waals surface area (Å²) in [5, 5.41) is 3.18. The van der Waals surface area contributed by atoms with Crippen molar-refractivity contribution < 1.29 is 9.53 Å². The first kappa shape index (κ1) is 16.8. The van der Waals surface area contributed by atoms with Crippen molar-refractivity contribution in [3.05, 3.63) is 29.3 Å². The van der Waals surface area contributed by atoms with Crippen molar-refractivity contribution in [2.24, 2.45) is 5.92 Å². The summed E-state index contributed by atoms with van der Waals surface area (Å²) in [6.45, 7) is 11.1. The predicted octanol–water partition coefficient (Wildman–Crippen LogP) is 2.70. The smallest absolute Gasteiger partial charge is 0.224 e. The summed E-state index contributed by atoms with van der Waals surface area (Å²) >= 11 is 0. The molecule has 1 aromatic rings. The van der Waals surface area contributed by atoms with Gasteiger partial charge in [0.2, 0.25) is 5.91 Å². The zero-order chi connectivity index (χ0) is 16.3. The lowest BCUT2D eigenvalue weighted by Gasteiger charge is -2.34. The minimum Gasteiger partial charge on any atom is -0.496 e. The molecule has 1 aliphatic rings. The number of likely N-dealkylation sites (tertiary alicyclic amines) is 1. The molecule has 0 aliphatic carbocycles. The van der Waals surface area contributed by atoms with E-state index in [9.17, 15) is 4.79 Å². The monoisotopic (exact) mass is 304 g/mol. The number of benzene rings is 1. The Bertz CT molecular complexity index is 536. The van der Waals surface area contributed by atoms with Crippen LogP contribution in [-0.2, 0) is 10.3 Å². The van der Waals surface area contributed by atoms with Gasteiger partial charge in [0.15, 0.2) is 0 Å². The Balaban J connectivity index is 2.09. The van der Waals surface area contributed by atoms with Crippen LogP contribution >= 0.6 is 0 Å². The van der Waals surface area contributed by atoms with E-state index in [0.717, 1.165) is 36.5 Å². The van der Waals surface area contributed by atoms with Gasteiger partial charge in [-0.05, 0) is 45.8 Å². The number of ether oxygens (including phenoxy) is 1. The van der Waals surface area contributed by atoms with Crippen molar-refractivity contribution >= 4 is 5.91 Å². The van der Waals surface area contributed by atoms with E-state index < -0.39 is 5.54 Å². The van der Waals surface area contributed by atoms with E-state index in [0.29, 0.717) is 0 Å². The fourth-order valence-electron chi connectivity index (χ4n) is 2.95. The molecule has 22 heavy (non-hydrogen) atoms. The Morgan fingerprint density at radius 3 is 2.64 bits per heavy atom. The van der Waals surface area contributed by atoms with Crippen LogP contribution < -0.4 is 10.1 Å². The van der Waals surface area contributed by atoms with Crippen LogP contribution in [-0.4, -0.2) is 37.6 Å². The normalized spacial score (nSPS) is 16.8. The van der Waals surface area contributed by atoms with Crippen LogP contribution in [0, 0.1) is 12.8 Å². The van der Waals surface area contributed by atoms with Crippen LogP contribution in [0.1, 0.15) is 38.3 Å². The molecule has 1 heterocycles. The Morgan fingerprint density at radius 2 is 2.09 bits per heavy atom. The number of hydrogen-bond acceptors (Lipinski definition) is 3. The number of methoxy groups -OCH3 is 1. The molecule has 1 amide bonds. The van der Waals surface area contributed by atoms with Gasteiger partial charge in [-0.3, -0.25) is 4.79 Å². The van der Waals surface area contributed by atoms with Crippen LogP contribution in [0.5, 0.6) is 5.75 Å². The van der Waals surface area contributed by atoms with Gasteiger partial charge in [-0.15, -0.1) is 0 Å². The quantitative estimate of drug-likeness (QED) is 0.878. The van der Waals surface area contributed by atoms with E-state index >= 15 is 0 Å². The third-order valence-electron chi connectivity index (χ3n) is 4.45. The maximum Gasteiger partial charge on any atom is 0.224 e. The molecule has 1 aromatic carbocycles. The van der Waals surface area contributed by atoms with Gasteiger partial charge in [-0.1, -0.05) is 25.1 Å². The van der Waals surface area contributed by atoms with E-state index in [-0.39, 0.29) is 11.8 Å². The number of nitrogens with one attached hydrogen (secondary N) is 1. The van der Waals surface area contributed by atoms with E-state index in [1.54, 1.807) is 7.11 Å². The highest BCUT2D eigenvalue weighted by Crippen LogP contribution is 2.32. The van der Waals surface area contributed by atoms with Crippen LogP contribution in [0.3, 0.4) is 0 Å². The molecule has 0 unspecified atom stereocenters. The fraction of sp³-hybridized carbons (Fsp3) is 0.611. The summed E-state index contributed by atoms with van der Waals surface area (Å²) < 4.78 is 5.54. The molecule has 0 aromatic heterocycles. The van der Waals surface area contributed by atoms with Crippen LogP contribution in [0.25, 0.3) is 0 Å². The molecule has 1 saturated heterocycles. The summed E-state index contributed by atoms with van der Waals surface area (Å²) in [4.78, 5) is 14.8. The molecule has 122 valence electrons. The van der Waals surface area contributed by atoms with Gasteiger partial charge in [0.05, 0.1) is 12.6 Å². The largest absolute Gasteiger partial charge is 0.496 e. The highest BCUT2D eigenvalue weighted by Gasteiger charge is 2.29. The molecule has 0 spiro atoms. The zero-order valence-electron chi connectivity index (χ0n) is 14.4. The summed E-state index contributed by atoms with van der Waals surface area (Å²) in [6.07, 6.45) is 1.25. The predicted molar refractivity (Wildman–Crippen MR) is 89.1 cm³/mol. The highest BCUT2D eigenvalue weighted by molar-refractivity contribution is 5.79. The van der Waals surface area contributed by atoms with Crippen molar-refractivity contribution in [1.29, 1.82) is 0 Å². The molecular formula is C18H28N2O2. The van der Waals surface area contributed by atoms with E-state index in [4.69, 9.17) is 4.74 Å². The second-order valence-electron chi connectivity index (χ2n) is 6.83. The van der Waals surface area contributed by atoms with Crippen molar-refractivity contribution in [2.75, 3.05) is 26.7 Å². The van der Waals surface area contributed by atoms with E-state index in [2.05, 4.69) is 10.2 Å². The zero-order valence-corrected chi connectivity index (χ0v) is 14.4. The first-order chi connectivity index (χ1) is 10.3. The van der Waals surface area contributed by atoms with Gasteiger partial charge in [0.1, 0.15) is 5.75 Å². The van der Waals surface area contributed by atoms with Gasteiger partial charge in [0, 0.05) is 18.0 Å². The first-order valence-electron chi connectivity index (χ1n) is 8.03. The second-order valence-corrected chi connectivity index (χ2v) is 6.83. The average molecular weight is 304 g/mol. The number of nitrogens with zero attached hydrogens (tertiary/aromatic N) is 1. The molecular weight excluding hydrogens is 276 g/mol. The molecule has 1 fully saturated rings. The SMILES string of the molecule is COc1c(C)cccc1C(C)(C)NC(=O)[C@@H](C)CN1CCC1. The minimum atomic E-state index is -0.461. The van der Waals surface area contributed by atoms with Crippen molar-refractivity contribution in [3.8, 4) is 5.75 Å². The standard InChI is InChI=1S/C18H28N2O2/c1-13-8-6-9-15(16(13)22-5)18(3,4)19-17(21)14(2)12-20-10-7-11-20/h6,8-9,14H,7,10-12H2,1-5H3,(H,19,21)/t14-/m0/s1. The molecule has 1 atom stereocenters. The topological polar surface area (TPSA) is 41.6 Å². The third kappa shape index (κ3) is 3.61. The third-order valence-corrected chi connectivity index (χ3v) is 4.45. The average Bonchev–Trinajstić information content (AvgIpc) is 2.41. The molecule has 4 heteroatoms. The Morgan fingerprint density at radius 1 is 1.41 bits per heavy atom. The van der Waals surface area contributed by atoms with Gasteiger partial charge < -0.3 is 15.0 Å². The van der Waals surface area contributed by atoms with Crippen LogP contribution in [0.4, 0.5) is 0 Å². The maximum atomic E-state index is 12.5. The Hall–Kier alpha value is -1.55. The molecule has 1 aliphatic heterocycles. The van der Waals surface area contributed by atoms with E-state index in [1.165, 1.54) is 6.42 Å². The number of rotatable bonds is 6. The lowest BCUT2D eigenvalue weighted by atomic mass is 9.91. The van der Waals surface area contributed by atoms with E-state index in [1.807, 2.05) is 45.9 Å². The van der Waals surface area contributed by atoms with Gasteiger partial charge in [0.25, 0.3) is 0 Å². The number of carbonyl (C=O) groups excluding carboxylic acids is 1. The number of hydrogen-bond donors (Lipinski definition) is 1. The fourth-order valence-corrected chi connectivity index (χ4v) is 2.95. The minimum absolute atomic E-state index is 0.00428.